The van der Waals surface area contributed by atoms with E-state index in [0.717, 1.165) is 37.2 Å². The zero-order valence-electron chi connectivity index (χ0n) is 12.5. The molecule has 0 saturated carbocycles. The molecule has 3 heterocycles. The highest BCUT2D eigenvalue weighted by Crippen LogP contribution is 2.20. The summed E-state index contributed by atoms with van der Waals surface area (Å²) in [6.45, 7) is 2.38. The van der Waals surface area contributed by atoms with Gasteiger partial charge in [-0.2, -0.15) is 16.4 Å². The molecule has 0 spiro atoms. The first-order valence-electron chi connectivity index (χ1n) is 7.25. The van der Waals surface area contributed by atoms with Crippen LogP contribution in [-0.2, 0) is 16.7 Å². The molecule has 3 rings (SSSR count). The third-order valence-electron chi connectivity index (χ3n) is 3.69. The molecule has 0 bridgehead atoms. The zero-order valence-corrected chi connectivity index (χ0v) is 14.1. The maximum Gasteiger partial charge on any atom is 0.208 e. The van der Waals surface area contributed by atoms with Crippen molar-refractivity contribution in [3.8, 4) is 11.3 Å². The van der Waals surface area contributed by atoms with Crippen molar-refractivity contribution in [2.75, 3.05) is 19.3 Å². The number of sulfonamides is 1. The lowest BCUT2D eigenvalue weighted by Crippen LogP contribution is -2.47. The predicted molar refractivity (Wildman–Crippen MR) is 88.1 cm³/mol. The van der Waals surface area contributed by atoms with E-state index in [0.29, 0.717) is 6.67 Å². The molecule has 2 aromatic rings. The smallest absolute Gasteiger partial charge is 0.208 e. The van der Waals surface area contributed by atoms with Gasteiger partial charge >= 0.3 is 0 Å². The minimum absolute atomic E-state index is 0.00402. The summed E-state index contributed by atoms with van der Waals surface area (Å²) in [5, 5.41) is 8.71. The number of nitrogens with one attached hydrogen (secondary N) is 1. The van der Waals surface area contributed by atoms with Gasteiger partial charge in [0.05, 0.1) is 18.6 Å². The lowest BCUT2D eigenvalue weighted by Gasteiger charge is -2.32. The van der Waals surface area contributed by atoms with Gasteiger partial charge in [-0.15, -0.1) is 0 Å². The van der Waals surface area contributed by atoms with Crippen LogP contribution in [0.25, 0.3) is 11.3 Å². The van der Waals surface area contributed by atoms with Crippen molar-refractivity contribution in [1.82, 2.24) is 19.4 Å². The molecule has 0 aliphatic carbocycles. The summed E-state index contributed by atoms with van der Waals surface area (Å²) in [5.41, 5.74) is 2.11. The predicted octanol–water partition coefficient (Wildman–Crippen LogP) is 1.58. The van der Waals surface area contributed by atoms with E-state index in [9.17, 15) is 8.42 Å². The molecule has 1 aliphatic rings. The average molecular weight is 340 g/mol. The highest BCUT2D eigenvalue weighted by atomic mass is 32.2. The van der Waals surface area contributed by atoms with Crippen molar-refractivity contribution >= 4 is 21.4 Å². The van der Waals surface area contributed by atoms with Crippen molar-refractivity contribution in [3.63, 3.8) is 0 Å². The largest absolute Gasteiger partial charge is 0.283 e. The van der Waals surface area contributed by atoms with Crippen molar-refractivity contribution in [2.45, 2.75) is 25.6 Å². The van der Waals surface area contributed by atoms with Crippen LogP contribution in [0.5, 0.6) is 0 Å². The fourth-order valence-electron chi connectivity index (χ4n) is 2.79. The fourth-order valence-corrected chi connectivity index (χ4v) is 4.24. The first-order valence-corrected chi connectivity index (χ1v) is 10.1. The first-order chi connectivity index (χ1) is 10.5. The molecular formula is C14H20N4O2S2. The third kappa shape index (κ3) is 4.16. The molecule has 1 N–H and O–H groups in total. The lowest BCUT2D eigenvalue weighted by atomic mass is 10.1. The third-order valence-corrected chi connectivity index (χ3v) is 5.13. The second kappa shape index (κ2) is 6.49. The van der Waals surface area contributed by atoms with E-state index in [2.05, 4.69) is 26.2 Å². The number of nitrogens with zero attached hydrogens (tertiary/aromatic N) is 3. The van der Waals surface area contributed by atoms with Crippen LogP contribution in [0.1, 0.15) is 12.8 Å². The lowest BCUT2D eigenvalue weighted by molar-refractivity contribution is 0.154. The summed E-state index contributed by atoms with van der Waals surface area (Å²) in [5.74, 6) is 0. The van der Waals surface area contributed by atoms with E-state index in [1.54, 1.807) is 11.3 Å². The average Bonchev–Trinajstić information content (AvgIpc) is 3.07. The van der Waals surface area contributed by atoms with Gasteiger partial charge in [0.2, 0.25) is 10.0 Å². The topological polar surface area (TPSA) is 67.2 Å². The van der Waals surface area contributed by atoms with Gasteiger partial charge in [-0.05, 0) is 30.4 Å². The van der Waals surface area contributed by atoms with Gasteiger partial charge in [-0.3, -0.25) is 9.58 Å². The number of hydrogen-bond donors (Lipinski definition) is 1. The minimum Gasteiger partial charge on any atom is -0.283 e. The van der Waals surface area contributed by atoms with Gasteiger partial charge in [0.15, 0.2) is 0 Å². The van der Waals surface area contributed by atoms with Crippen LogP contribution >= 0.6 is 11.3 Å². The fraction of sp³-hybridized carbons (Fsp3) is 0.500. The molecule has 0 unspecified atom stereocenters. The van der Waals surface area contributed by atoms with Crippen molar-refractivity contribution in [2.24, 2.45) is 0 Å². The monoisotopic (exact) mass is 340 g/mol. The van der Waals surface area contributed by atoms with Crippen LogP contribution < -0.4 is 4.72 Å². The Labute approximate surface area is 134 Å². The summed E-state index contributed by atoms with van der Waals surface area (Å²) in [4.78, 5) is 2.23. The second-order valence-electron chi connectivity index (χ2n) is 5.70. The minimum atomic E-state index is -3.14. The van der Waals surface area contributed by atoms with Gasteiger partial charge in [-0.1, -0.05) is 0 Å². The Morgan fingerprint density at radius 3 is 3.05 bits per heavy atom. The van der Waals surface area contributed by atoms with E-state index < -0.39 is 10.0 Å². The first kappa shape index (κ1) is 15.7. The molecule has 22 heavy (non-hydrogen) atoms. The summed E-state index contributed by atoms with van der Waals surface area (Å²) in [6.07, 6.45) is 5.07. The summed E-state index contributed by atoms with van der Waals surface area (Å²) < 4.78 is 27.3. The Balaban J connectivity index is 1.61. The molecule has 2 aromatic heterocycles. The summed E-state index contributed by atoms with van der Waals surface area (Å²) >= 11 is 1.66. The highest BCUT2D eigenvalue weighted by Gasteiger charge is 2.22. The number of piperidine rings is 1. The van der Waals surface area contributed by atoms with E-state index in [4.69, 9.17) is 0 Å². The Morgan fingerprint density at radius 1 is 1.45 bits per heavy atom. The van der Waals surface area contributed by atoms with Gasteiger partial charge in [0, 0.05) is 36.3 Å². The van der Waals surface area contributed by atoms with Gasteiger partial charge in [0.25, 0.3) is 0 Å². The van der Waals surface area contributed by atoms with Gasteiger partial charge < -0.3 is 0 Å². The van der Waals surface area contributed by atoms with Crippen molar-refractivity contribution < 1.29 is 8.42 Å². The van der Waals surface area contributed by atoms with E-state index in [1.807, 2.05) is 22.3 Å². The number of likely N-dealkylation sites (tertiary alicyclic amines) is 1. The number of hydrogen-bond acceptors (Lipinski definition) is 5. The Morgan fingerprint density at radius 2 is 2.32 bits per heavy atom. The van der Waals surface area contributed by atoms with Crippen LogP contribution in [-0.4, -0.2) is 48.5 Å². The van der Waals surface area contributed by atoms with E-state index in [-0.39, 0.29) is 6.04 Å². The Bertz CT molecular complexity index is 709. The molecule has 1 fully saturated rings. The standard InChI is InChI=1S/C14H20N4O2S2/c1-22(19,20)16-13-3-2-6-17(9-13)11-18-7-4-14(15-18)12-5-8-21-10-12/h4-5,7-8,10,13,16H,2-3,6,9,11H2,1H3/t13-/m0/s1. The summed E-state index contributed by atoms with van der Waals surface area (Å²) in [6, 6.07) is 4.07. The molecule has 1 atom stereocenters. The second-order valence-corrected chi connectivity index (χ2v) is 8.26. The van der Waals surface area contributed by atoms with Crippen LogP contribution in [0.15, 0.2) is 29.1 Å². The van der Waals surface area contributed by atoms with Crippen LogP contribution in [0, 0.1) is 0 Å². The molecule has 0 radical (unpaired) electrons. The van der Waals surface area contributed by atoms with E-state index in [1.165, 1.54) is 6.26 Å². The molecule has 0 amide bonds. The van der Waals surface area contributed by atoms with Crippen molar-refractivity contribution in [1.29, 1.82) is 0 Å². The molecule has 120 valence electrons. The van der Waals surface area contributed by atoms with Crippen LogP contribution in [0.2, 0.25) is 0 Å². The zero-order chi connectivity index (χ0) is 15.6. The highest BCUT2D eigenvalue weighted by molar-refractivity contribution is 7.88. The van der Waals surface area contributed by atoms with Crippen LogP contribution in [0.4, 0.5) is 0 Å². The van der Waals surface area contributed by atoms with Gasteiger partial charge in [-0.25, -0.2) is 13.1 Å². The SMILES string of the molecule is CS(=O)(=O)N[C@H]1CCCN(Cn2ccc(-c3ccsc3)n2)C1. The van der Waals surface area contributed by atoms with Crippen LogP contribution in [0.3, 0.4) is 0 Å². The normalized spacial score (nSPS) is 20.3. The quantitative estimate of drug-likeness (QED) is 0.897. The van der Waals surface area contributed by atoms with E-state index >= 15 is 0 Å². The maximum atomic E-state index is 11.4. The molecule has 8 heteroatoms. The Hall–Kier alpha value is -1.22. The Kier molecular flexibility index (Phi) is 4.62. The van der Waals surface area contributed by atoms with Crippen molar-refractivity contribution in [3.05, 3.63) is 29.1 Å². The molecule has 1 aliphatic heterocycles. The maximum absolute atomic E-state index is 11.4. The number of aromatic nitrogens is 2. The number of rotatable bonds is 5. The molecule has 0 aromatic carbocycles. The number of thiophene rings is 1. The van der Waals surface area contributed by atoms with Gasteiger partial charge in [0.1, 0.15) is 0 Å². The molecule has 1 saturated heterocycles. The molecular weight excluding hydrogens is 320 g/mol. The summed E-state index contributed by atoms with van der Waals surface area (Å²) in [7, 11) is -3.14. The molecule has 6 nitrogen and oxygen atoms in total.